The SMILES string of the molecule is CC(C)[C@@H](CO)NC(=O)CN1CCOCCOc2ccccc2Nc2ncccc2C1=O. The lowest BCUT2D eigenvalue weighted by molar-refractivity contribution is -0.123. The predicted molar refractivity (Wildman–Crippen MR) is 120 cm³/mol. The summed E-state index contributed by atoms with van der Waals surface area (Å²) in [7, 11) is 0. The average molecular weight is 443 g/mol. The number of carbonyl (C=O) groups excluding carboxylic acids is 2. The molecule has 3 rings (SSSR count). The number of anilines is 2. The van der Waals surface area contributed by atoms with Crippen molar-refractivity contribution < 1.29 is 24.2 Å². The van der Waals surface area contributed by atoms with Gasteiger partial charge < -0.3 is 30.1 Å². The number of aliphatic hydroxyl groups excluding tert-OH is 1. The number of carbonyl (C=O) groups is 2. The fourth-order valence-electron chi connectivity index (χ4n) is 3.26. The second-order valence-corrected chi connectivity index (χ2v) is 7.81. The number of aliphatic hydroxyl groups is 1. The zero-order valence-electron chi connectivity index (χ0n) is 18.4. The minimum absolute atomic E-state index is 0.0623. The van der Waals surface area contributed by atoms with Crippen LogP contribution in [0, 0.1) is 5.92 Å². The highest BCUT2D eigenvalue weighted by molar-refractivity contribution is 6.01. The fraction of sp³-hybridized carbons (Fsp3) is 0.435. The van der Waals surface area contributed by atoms with Crippen LogP contribution in [0.3, 0.4) is 0 Å². The van der Waals surface area contributed by atoms with Crippen molar-refractivity contribution in [2.75, 3.05) is 44.8 Å². The number of pyridine rings is 1. The third-order valence-electron chi connectivity index (χ3n) is 5.14. The monoisotopic (exact) mass is 442 g/mol. The van der Waals surface area contributed by atoms with Gasteiger partial charge in [0, 0.05) is 12.7 Å². The summed E-state index contributed by atoms with van der Waals surface area (Å²) >= 11 is 0. The number of hydrogen-bond acceptors (Lipinski definition) is 7. The quantitative estimate of drug-likeness (QED) is 0.647. The van der Waals surface area contributed by atoms with E-state index >= 15 is 0 Å². The van der Waals surface area contributed by atoms with Crippen LogP contribution in [0.25, 0.3) is 0 Å². The van der Waals surface area contributed by atoms with Gasteiger partial charge in [-0.1, -0.05) is 26.0 Å². The maximum atomic E-state index is 13.4. The number of rotatable bonds is 5. The molecule has 9 nitrogen and oxygen atoms in total. The van der Waals surface area contributed by atoms with E-state index in [1.807, 2.05) is 38.1 Å². The van der Waals surface area contributed by atoms with E-state index in [4.69, 9.17) is 9.47 Å². The van der Waals surface area contributed by atoms with Crippen LogP contribution in [0.5, 0.6) is 5.75 Å². The Morgan fingerprint density at radius 1 is 1.22 bits per heavy atom. The number of aromatic nitrogens is 1. The van der Waals surface area contributed by atoms with E-state index in [1.54, 1.807) is 18.3 Å². The highest BCUT2D eigenvalue weighted by atomic mass is 16.5. The van der Waals surface area contributed by atoms with E-state index in [2.05, 4.69) is 15.6 Å². The summed E-state index contributed by atoms with van der Waals surface area (Å²) < 4.78 is 11.4. The van der Waals surface area contributed by atoms with Crippen LogP contribution in [0.1, 0.15) is 24.2 Å². The van der Waals surface area contributed by atoms with Gasteiger partial charge in [0.1, 0.15) is 18.2 Å². The molecular formula is C23H30N4O5. The molecule has 0 bridgehead atoms. The van der Waals surface area contributed by atoms with Crippen LogP contribution in [-0.2, 0) is 9.53 Å². The first-order valence-electron chi connectivity index (χ1n) is 10.7. The molecule has 2 amide bonds. The van der Waals surface area contributed by atoms with Gasteiger partial charge >= 0.3 is 0 Å². The Balaban J connectivity index is 1.86. The number of amides is 2. The first kappa shape index (κ1) is 23.5. The molecular weight excluding hydrogens is 412 g/mol. The number of nitrogens with one attached hydrogen (secondary N) is 2. The summed E-state index contributed by atoms with van der Waals surface area (Å²) in [6, 6.07) is 10.3. The number of fused-ring (bicyclic) bond motifs is 2. The molecule has 1 atom stereocenters. The molecule has 1 aromatic carbocycles. The van der Waals surface area contributed by atoms with Gasteiger partial charge in [-0.05, 0) is 30.2 Å². The second-order valence-electron chi connectivity index (χ2n) is 7.81. The third kappa shape index (κ3) is 6.18. The van der Waals surface area contributed by atoms with Gasteiger partial charge in [0.25, 0.3) is 5.91 Å². The number of ether oxygens (including phenoxy) is 2. The summed E-state index contributed by atoms with van der Waals surface area (Å²) in [6.45, 7) is 4.64. The number of benzene rings is 1. The Hall–Kier alpha value is -3.17. The van der Waals surface area contributed by atoms with Crippen LogP contribution >= 0.6 is 0 Å². The van der Waals surface area contributed by atoms with Gasteiger partial charge in [-0.15, -0.1) is 0 Å². The van der Waals surface area contributed by atoms with E-state index in [0.717, 1.165) is 0 Å². The van der Waals surface area contributed by atoms with Gasteiger partial charge in [0.2, 0.25) is 5.91 Å². The average Bonchev–Trinajstić information content (AvgIpc) is 2.80. The highest BCUT2D eigenvalue weighted by Crippen LogP contribution is 2.28. The van der Waals surface area contributed by atoms with Gasteiger partial charge in [0.05, 0.1) is 43.7 Å². The van der Waals surface area contributed by atoms with Gasteiger partial charge in [-0.3, -0.25) is 9.59 Å². The van der Waals surface area contributed by atoms with E-state index < -0.39 is 0 Å². The first-order valence-corrected chi connectivity index (χ1v) is 10.7. The van der Waals surface area contributed by atoms with Crippen molar-refractivity contribution in [1.29, 1.82) is 0 Å². The van der Waals surface area contributed by atoms with E-state index in [1.165, 1.54) is 4.90 Å². The molecule has 3 N–H and O–H groups in total. The topological polar surface area (TPSA) is 113 Å². The Morgan fingerprint density at radius 3 is 2.81 bits per heavy atom. The number of hydrogen-bond donors (Lipinski definition) is 3. The van der Waals surface area contributed by atoms with Crippen molar-refractivity contribution in [1.82, 2.24) is 15.2 Å². The van der Waals surface area contributed by atoms with Crippen LogP contribution < -0.4 is 15.4 Å². The molecule has 0 aliphatic carbocycles. The Morgan fingerprint density at radius 2 is 2.03 bits per heavy atom. The molecule has 2 aromatic rings. The molecule has 32 heavy (non-hydrogen) atoms. The fourth-order valence-corrected chi connectivity index (χ4v) is 3.26. The second kappa shape index (κ2) is 11.4. The van der Waals surface area contributed by atoms with E-state index in [0.29, 0.717) is 36.0 Å². The summed E-state index contributed by atoms with van der Waals surface area (Å²) in [5.74, 6) is 0.366. The van der Waals surface area contributed by atoms with Gasteiger partial charge in [0.15, 0.2) is 0 Å². The van der Waals surface area contributed by atoms with Crippen molar-refractivity contribution in [3.05, 3.63) is 48.2 Å². The summed E-state index contributed by atoms with van der Waals surface area (Å²) in [5, 5.41) is 15.5. The molecule has 0 saturated heterocycles. The minimum atomic E-state index is -0.380. The molecule has 1 aliphatic rings. The predicted octanol–water partition coefficient (Wildman–Crippen LogP) is 1.81. The van der Waals surface area contributed by atoms with Crippen LogP contribution in [0.15, 0.2) is 42.6 Å². The normalized spacial score (nSPS) is 15.8. The molecule has 0 fully saturated rings. The number of nitrogens with zero attached hydrogens (tertiary/aromatic N) is 2. The molecule has 1 aliphatic heterocycles. The molecule has 2 heterocycles. The third-order valence-corrected chi connectivity index (χ3v) is 5.14. The van der Waals surface area contributed by atoms with E-state index in [9.17, 15) is 14.7 Å². The van der Waals surface area contributed by atoms with Crippen molar-refractivity contribution >= 4 is 23.3 Å². The minimum Gasteiger partial charge on any atom is -0.489 e. The molecule has 0 spiro atoms. The summed E-state index contributed by atoms with van der Waals surface area (Å²) in [4.78, 5) is 31.8. The van der Waals surface area contributed by atoms with E-state index in [-0.39, 0.29) is 50.1 Å². The molecule has 1 aromatic heterocycles. The van der Waals surface area contributed by atoms with Gasteiger partial charge in [-0.25, -0.2) is 4.98 Å². The van der Waals surface area contributed by atoms with Crippen LogP contribution in [-0.4, -0.2) is 72.4 Å². The van der Waals surface area contributed by atoms with Crippen molar-refractivity contribution in [3.63, 3.8) is 0 Å². The van der Waals surface area contributed by atoms with Crippen molar-refractivity contribution in [3.8, 4) is 5.75 Å². The Bertz CT molecular complexity index is 921. The van der Waals surface area contributed by atoms with Crippen molar-refractivity contribution in [2.45, 2.75) is 19.9 Å². The molecule has 0 saturated carbocycles. The molecule has 172 valence electrons. The Labute approximate surface area is 187 Å². The van der Waals surface area contributed by atoms with Crippen LogP contribution in [0.2, 0.25) is 0 Å². The molecule has 0 radical (unpaired) electrons. The van der Waals surface area contributed by atoms with Crippen LogP contribution in [0.4, 0.5) is 11.5 Å². The zero-order valence-corrected chi connectivity index (χ0v) is 18.4. The molecule has 9 heteroatoms. The lowest BCUT2D eigenvalue weighted by Gasteiger charge is -2.25. The smallest absolute Gasteiger partial charge is 0.258 e. The van der Waals surface area contributed by atoms with Gasteiger partial charge in [-0.2, -0.15) is 0 Å². The lowest BCUT2D eigenvalue weighted by Crippen LogP contribution is -2.48. The summed E-state index contributed by atoms with van der Waals surface area (Å²) in [6.07, 6.45) is 1.59. The van der Waals surface area contributed by atoms with Crippen molar-refractivity contribution in [2.24, 2.45) is 5.92 Å². The standard InChI is InChI=1S/C23H30N4O5/c1-16(2)19(15-28)25-21(29)14-27-10-11-31-12-13-32-20-8-4-3-7-18(20)26-22-17(23(27)30)6-5-9-24-22/h3-9,16,19,28H,10-15H2,1-2H3,(H,24,26)(H,25,29)/t19-/m1/s1. The maximum absolute atomic E-state index is 13.4. The lowest BCUT2D eigenvalue weighted by atomic mass is 10.1. The highest BCUT2D eigenvalue weighted by Gasteiger charge is 2.24. The largest absolute Gasteiger partial charge is 0.489 e. The Kier molecular flexibility index (Phi) is 8.41. The summed E-state index contributed by atoms with van der Waals surface area (Å²) in [5.41, 5.74) is 1.00. The zero-order chi connectivity index (χ0) is 22.9. The number of para-hydroxylation sites is 2. The maximum Gasteiger partial charge on any atom is 0.258 e. The molecule has 0 unspecified atom stereocenters. The first-order chi connectivity index (χ1) is 15.5.